The second-order valence-electron chi connectivity index (χ2n) is 8.35. The van der Waals surface area contributed by atoms with Crippen LogP contribution in [-0.4, -0.2) is 42.5 Å². The first-order chi connectivity index (χ1) is 16.6. The summed E-state index contributed by atoms with van der Waals surface area (Å²) >= 11 is 0. The lowest BCUT2D eigenvalue weighted by Gasteiger charge is -2.35. The van der Waals surface area contributed by atoms with Crippen molar-refractivity contribution in [1.82, 2.24) is 24.7 Å². The molecule has 0 aliphatic carbocycles. The van der Waals surface area contributed by atoms with Gasteiger partial charge in [-0.15, -0.1) is 0 Å². The average Bonchev–Trinajstić information content (AvgIpc) is 3.29. The number of nitrogens with zero attached hydrogens (tertiary/aromatic N) is 5. The standard InChI is InChI=1S/C22H13F4N7O2/c1-21-13-15(30-19(21)34)28-17(29-16(13)31-20(35)22(21,25)26)14-11-6-10(23)7-27-18(11)33(32-14)8-9-4-2-3-5-12(9)24/h2-7H,8H2,1H3,(H2,28,29,30,31,34,35)/t21-/m0/s1. The Bertz CT molecular complexity index is 1600. The van der Waals surface area contributed by atoms with Crippen LogP contribution >= 0.6 is 0 Å². The third kappa shape index (κ3) is 2.74. The Labute approximate surface area is 193 Å². The Balaban J connectivity index is 1.55. The number of halogens is 4. The van der Waals surface area contributed by atoms with Crippen LogP contribution in [0.5, 0.6) is 0 Å². The van der Waals surface area contributed by atoms with Crippen molar-refractivity contribution in [1.29, 1.82) is 0 Å². The summed E-state index contributed by atoms with van der Waals surface area (Å²) in [5.74, 6) is -8.71. The van der Waals surface area contributed by atoms with E-state index in [9.17, 15) is 27.2 Å². The molecular weight excluding hydrogens is 470 g/mol. The Morgan fingerprint density at radius 2 is 1.71 bits per heavy atom. The normalized spacial score (nSPS) is 20.0. The maximum atomic E-state index is 14.7. The summed E-state index contributed by atoms with van der Waals surface area (Å²) < 4.78 is 59.1. The van der Waals surface area contributed by atoms with Gasteiger partial charge in [0.05, 0.1) is 23.7 Å². The number of fused-ring (bicyclic) bond motifs is 1. The number of carbonyl (C=O) groups is 2. The summed E-state index contributed by atoms with van der Waals surface area (Å²) in [6, 6.07) is 7.13. The second-order valence-corrected chi connectivity index (χ2v) is 8.35. The summed E-state index contributed by atoms with van der Waals surface area (Å²) in [4.78, 5) is 37.1. The first kappa shape index (κ1) is 21.1. The fourth-order valence-electron chi connectivity index (χ4n) is 4.38. The second kappa shape index (κ2) is 6.81. The van der Waals surface area contributed by atoms with E-state index in [-0.39, 0.29) is 51.9 Å². The molecule has 1 aromatic carbocycles. The van der Waals surface area contributed by atoms with Gasteiger partial charge in [0.15, 0.2) is 16.9 Å². The number of benzene rings is 1. The zero-order valence-electron chi connectivity index (χ0n) is 17.7. The molecule has 0 spiro atoms. The Morgan fingerprint density at radius 1 is 1.03 bits per heavy atom. The Morgan fingerprint density at radius 3 is 2.43 bits per heavy atom. The molecule has 9 nitrogen and oxygen atoms in total. The largest absolute Gasteiger partial charge is 0.343 e. The minimum Gasteiger partial charge on any atom is -0.309 e. The number of amides is 2. The summed E-state index contributed by atoms with van der Waals surface area (Å²) in [7, 11) is 0. The van der Waals surface area contributed by atoms with Gasteiger partial charge in [-0.05, 0) is 19.1 Å². The molecule has 4 aromatic rings. The smallest absolute Gasteiger partial charge is 0.309 e. The van der Waals surface area contributed by atoms with Crippen LogP contribution in [0, 0.1) is 11.6 Å². The maximum Gasteiger partial charge on any atom is 0.343 e. The van der Waals surface area contributed by atoms with Crippen molar-refractivity contribution in [2.45, 2.75) is 24.8 Å². The molecule has 6 rings (SSSR count). The summed E-state index contributed by atoms with van der Waals surface area (Å²) in [6.45, 7) is 0.884. The quantitative estimate of drug-likeness (QED) is 0.433. The molecule has 2 aliphatic heterocycles. The van der Waals surface area contributed by atoms with Gasteiger partial charge >= 0.3 is 5.92 Å². The van der Waals surface area contributed by atoms with E-state index < -0.39 is 34.8 Å². The van der Waals surface area contributed by atoms with Crippen molar-refractivity contribution in [3.05, 3.63) is 59.3 Å². The van der Waals surface area contributed by atoms with Gasteiger partial charge in [0, 0.05) is 5.56 Å². The highest BCUT2D eigenvalue weighted by molar-refractivity contribution is 6.16. The van der Waals surface area contributed by atoms with Crippen LogP contribution < -0.4 is 10.6 Å². The number of alkyl halides is 2. The lowest BCUT2D eigenvalue weighted by Crippen LogP contribution is -2.58. The van der Waals surface area contributed by atoms with Gasteiger partial charge < -0.3 is 10.6 Å². The molecule has 5 heterocycles. The summed E-state index contributed by atoms with van der Waals surface area (Å²) in [5, 5.41) is 8.85. The first-order valence-electron chi connectivity index (χ1n) is 10.3. The van der Waals surface area contributed by atoms with E-state index in [1.54, 1.807) is 12.1 Å². The summed E-state index contributed by atoms with van der Waals surface area (Å²) in [5.41, 5.74) is -2.28. The minimum atomic E-state index is -4.04. The molecule has 2 N–H and O–H groups in total. The number of pyridine rings is 1. The van der Waals surface area contributed by atoms with Crippen LogP contribution in [-0.2, 0) is 21.5 Å². The van der Waals surface area contributed by atoms with Gasteiger partial charge in [0.25, 0.3) is 5.91 Å². The van der Waals surface area contributed by atoms with Crippen LogP contribution in [0.2, 0.25) is 0 Å². The molecule has 35 heavy (non-hydrogen) atoms. The number of hydrogen-bond donors (Lipinski definition) is 2. The average molecular weight is 483 g/mol. The molecule has 13 heteroatoms. The molecular formula is C22H13F4N7O2. The molecule has 2 amide bonds. The van der Waals surface area contributed by atoms with Gasteiger partial charge in [-0.25, -0.2) is 28.4 Å². The Kier molecular flexibility index (Phi) is 4.11. The van der Waals surface area contributed by atoms with Gasteiger partial charge in [-0.3, -0.25) is 9.59 Å². The molecule has 0 radical (unpaired) electrons. The maximum absolute atomic E-state index is 14.7. The van der Waals surface area contributed by atoms with E-state index in [2.05, 4.69) is 25.4 Å². The highest BCUT2D eigenvalue weighted by Crippen LogP contribution is 2.53. The molecule has 2 aliphatic rings. The minimum absolute atomic E-state index is 0.00294. The van der Waals surface area contributed by atoms with Gasteiger partial charge in [-0.2, -0.15) is 13.9 Å². The van der Waals surface area contributed by atoms with E-state index >= 15 is 0 Å². The van der Waals surface area contributed by atoms with Gasteiger partial charge in [0.1, 0.15) is 29.0 Å². The number of hydrogen-bond acceptors (Lipinski definition) is 6. The Hall–Kier alpha value is -4.42. The summed E-state index contributed by atoms with van der Waals surface area (Å²) in [6.07, 6.45) is 0.965. The van der Waals surface area contributed by atoms with Gasteiger partial charge in [0.2, 0.25) is 5.91 Å². The van der Waals surface area contributed by atoms with Crippen molar-refractivity contribution in [3.8, 4) is 11.5 Å². The molecule has 1 atom stereocenters. The molecule has 0 saturated heterocycles. The van der Waals surface area contributed by atoms with Crippen molar-refractivity contribution in [3.63, 3.8) is 0 Å². The predicted molar refractivity (Wildman–Crippen MR) is 114 cm³/mol. The van der Waals surface area contributed by atoms with Crippen LogP contribution in [0.4, 0.5) is 29.2 Å². The molecule has 0 bridgehead atoms. The fourth-order valence-corrected chi connectivity index (χ4v) is 4.38. The molecule has 0 saturated carbocycles. The van der Waals surface area contributed by atoms with Crippen molar-refractivity contribution < 1.29 is 27.2 Å². The highest BCUT2D eigenvalue weighted by Gasteiger charge is 2.69. The van der Waals surface area contributed by atoms with E-state index in [1.807, 2.05) is 5.32 Å². The molecule has 3 aromatic heterocycles. The monoisotopic (exact) mass is 483 g/mol. The lowest BCUT2D eigenvalue weighted by molar-refractivity contribution is -0.157. The van der Waals surface area contributed by atoms with Crippen LogP contribution in [0.15, 0.2) is 36.5 Å². The third-order valence-electron chi connectivity index (χ3n) is 6.28. The van der Waals surface area contributed by atoms with E-state index in [0.717, 1.165) is 19.2 Å². The predicted octanol–water partition coefficient (Wildman–Crippen LogP) is 3.01. The zero-order chi connectivity index (χ0) is 24.7. The third-order valence-corrected chi connectivity index (χ3v) is 6.28. The number of anilines is 2. The zero-order valence-corrected chi connectivity index (χ0v) is 17.7. The van der Waals surface area contributed by atoms with E-state index in [4.69, 9.17) is 0 Å². The molecule has 0 unspecified atom stereocenters. The number of nitrogens with one attached hydrogen (secondary N) is 2. The SMILES string of the molecule is C[C@@]12C(=O)Nc3nc(-c4nn(Cc5ccccc5F)c5ncc(F)cc45)nc(c31)NC(=O)C2(F)F. The van der Waals surface area contributed by atoms with Crippen molar-refractivity contribution in [2.24, 2.45) is 0 Å². The van der Waals surface area contributed by atoms with E-state index in [1.165, 1.54) is 16.8 Å². The number of aromatic nitrogens is 5. The van der Waals surface area contributed by atoms with Crippen LogP contribution in [0.1, 0.15) is 18.1 Å². The highest BCUT2D eigenvalue weighted by atomic mass is 19.3. The topological polar surface area (TPSA) is 115 Å². The van der Waals surface area contributed by atoms with Crippen LogP contribution in [0.3, 0.4) is 0 Å². The van der Waals surface area contributed by atoms with Crippen molar-refractivity contribution >= 4 is 34.5 Å². The van der Waals surface area contributed by atoms with Crippen LogP contribution in [0.25, 0.3) is 22.6 Å². The molecule has 0 fully saturated rings. The lowest BCUT2D eigenvalue weighted by atomic mass is 9.75. The number of rotatable bonds is 3. The molecule has 176 valence electrons. The fraction of sp³-hybridized carbons (Fsp3) is 0.182. The van der Waals surface area contributed by atoms with Gasteiger partial charge in [-0.1, -0.05) is 18.2 Å². The number of carbonyl (C=O) groups excluding carboxylic acids is 2. The van der Waals surface area contributed by atoms with Crippen molar-refractivity contribution in [2.75, 3.05) is 10.6 Å². The first-order valence-corrected chi connectivity index (χ1v) is 10.3. The van der Waals surface area contributed by atoms with E-state index in [0.29, 0.717) is 0 Å².